The predicted molar refractivity (Wildman–Crippen MR) is 134 cm³/mol. The highest BCUT2D eigenvalue weighted by atomic mass is 19.4. The minimum atomic E-state index is -4.41. The summed E-state index contributed by atoms with van der Waals surface area (Å²) in [6.07, 6.45) is -3.73. The monoisotopic (exact) mass is 496 g/mol. The Morgan fingerprint density at radius 3 is 2.22 bits per heavy atom. The molecule has 0 spiro atoms. The van der Waals surface area contributed by atoms with Crippen LogP contribution in [0.1, 0.15) is 28.7 Å². The van der Waals surface area contributed by atoms with Gasteiger partial charge in [-0.05, 0) is 67.8 Å². The molecule has 0 aromatic heterocycles. The molecule has 1 aliphatic rings. The van der Waals surface area contributed by atoms with E-state index in [1.165, 1.54) is 12.1 Å². The molecule has 3 aromatic rings. The fourth-order valence-corrected chi connectivity index (χ4v) is 4.08. The van der Waals surface area contributed by atoms with Gasteiger partial charge in [-0.15, -0.1) is 0 Å². The van der Waals surface area contributed by atoms with Crippen molar-refractivity contribution >= 4 is 29.1 Å². The molecular weight excluding hydrogens is 469 g/mol. The van der Waals surface area contributed by atoms with Crippen molar-refractivity contribution in [1.82, 2.24) is 4.90 Å². The Bertz CT molecular complexity index is 1240. The third-order valence-electron chi connectivity index (χ3n) is 5.97. The zero-order valence-electron chi connectivity index (χ0n) is 20.0. The number of carbonyl (C=O) groups is 2. The Morgan fingerprint density at radius 2 is 1.56 bits per heavy atom. The van der Waals surface area contributed by atoms with E-state index < -0.39 is 17.8 Å². The van der Waals surface area contributed by atoms with Crippen LogP contribution in [0.5, 0.6) is 0 Å². The summed E-state index contributed by atoms with van der Waals surface area (Å²) in [5, 5.41) is 5.64. The number of urea groups is 2. The van der Waals surface area contributed by atoms with Crippen molar-refractivity contribution in [1.29, 1.82) is 0 Å². The lowest BCUT2D eigenvalue weighted by Crippen LogP contribution is -2.49. The normalized spacial score (nSPS) is 14.1. The molecule has 6 nitrogen and oxygen atoms in total. The molecule has 0 radical (unpaired) electrons. The van der Waals surface area contributed by atoms with E-state index in [-0.39, 0.29) is 12.6 Å². The van der Waals surface area contributed by atoms with Crippen LogP contribution in [-0.2, 0) is 12.7 Å². The molecule has 0 saturated carbocycles. The molecule has 9 heteroatoms. The van der Waals surface area contributed by atoms with Crippen molar-refractivity contribution < 1.29 is 22.8 Å². The molecule has 1 saturated heterocycles. The van der Waals surface area contributed by atoms with Crippen LogP contribution >= 0.6 is 0 Å². The average molecular weight is 497 g/mol. The number of benzene rings is 3. The summed E-state index contributed by atoms with van der Waals surface area (Å²) in [5.41, 5.74) is 3.56. The molecule has 0 atom stereocenters. The van der Waals surface area contributed by atoms with Crippen LogP contribution in [0.4, 0.5) is 39.8 Å². The van der Waals surface area contributed by atoms with Gasteiger partial charge in [0, 0.05) is 25.3 Å². The first-order valence-electron chi connectivity index (χ1n) is 11.6. The van der Waals surface area contributed by atoms with Gasteiger partial charge in [0.2, 0.25) is 0 Å². The van der Waals surface area contributed by atoms with Crippen LogP contribution in [0.25, 0.3) is 0 Å². The average Bonchev–Trinajstić information content (AvgIpc) is 2.82. The summed E-state index contributed by atoms with van der Waals surface area (Å²) in [7, 11) is 0. The van der Waals surface area contributed by atoms with Gasteiger partial charge >= 0.3 is 18.2 Å². The smallest absolute Gasteiger partial charge is 0.320 e. The largest absolute Gasteiger partial charge is 0.416 e. The van der Waals surface area contributed by atoms with Crippen molar-refractivity contribution in [3.05, 3.63) is 89.0 Å². The van der Waals surface area contributed by atoms with E-state index in [1.807, 2.05) is 32.0 Å². The third-order valence-corrected chi connectivity index (χ3v) is 5.97. The second kappa shape index (κ2) is 10.3. The summed E-state index contributed by atoms with van der Waals surface area (Å²) in [6.45, 7) is 4.98. The lowest BCUT2D eigenvalue weighted by atomic mass is 10.1. The number of aryl methyl sites for hydroxylation is 2. The molecule has 4 rings (SSSR count). The standard InChI is InChI=1S/C27H27F3N4O2/c1-18-4-11-22(12-5-18)31-25(35)32-23-16-19(2)6-13-24(23)34-15-3-14-33(26(34)36)17-20-7-9-21(10-8-20)27(28,29)30/h4-13,16H,3,14-15,17H2,1-2H3,(H2,31,32,35). The van der Waals surface area contributed by atoms with Crippen molar-refractivity contribution in [3.8, 4) is 0 Å². The van der Waals surface area contributed by atoms with Crippen molar-refractivity contribution in [2.24, 2.45) is 0 Å². The van der Waals surface area contributed by atoms with E-state index in [0.717, 1.165) is 23.3 Å². The van der Waals surface area contributed by atoms with Gasteiger partial charge in [0.1, 0.15) is 0 Å². The Hall–Kier alpha value is -4.01. The zero-order chi connectivity index (χ0) is 25.9. The zero-order valence-corrected chi connectivity index (χ0v) is 20.0. The second-order valence-corrected chi connectivity index (χ2v) is 8.87. The summed E-state index contributed by atoms with van der Waals surface area (Å²) in [5.74, 6) is 0. The Kier molecular flexibility index (Phi) is 7.19. The summed E-state index contributed by atoms with van der Waals surface area (Å²) in [6, 6.07) is 17.0. The van der Waals surface area contributed by atoms with Gasteiger partial charge in [-0.3, -0.25) is 4.90 Å². The van der Waals surface area contributed by atoms with Crippen molar-refractivity contribution in [2.75, 3.05) is 28.6 Å². The molecule has 3 aromatic carbocycles. The molecule has 1 fully saturated rings. The van der Waals surface area contributed by atoms with Gasteiger partial charge < -0.3 is 15.5 Å². The van der Waals surface area contributed by atoms with E-state index in [2.05, 4.69) is 10.6 Å². The second-order valence-electron chi connectivity index (χ2n) is 8.87. The molecule has 36 heavy (non-hydrogen) atoms. The lowest BCUT2D eigenvalue weighted by molar-refractivity contribution is -0.137. The van der Waals surface area contributed by atoms with Crippen LogP contribution in [-0.4, -0.2) is 30.1 Å². The number of hydrogen-bond acceptors (Lipinski definition) is 2. The van der Waals surface area contributed by atoms with Crippen LogP contribution in [0.15, 0.2) is 66.7 Å². The maximum atomic E-state index is 13.3. The maximum absolute atomic E-state index is 13.3. The molecule has 1 aliphatic heterocycles. The molecular formula is C27H27F3N4O2. The molecule has 4 amide bonds. The van der Waals surface area contributed by atoms with E-state index >= 15 is 0 Å². The first-order valence-corrected chi connectivity index (χ1v) is 11.6. The fraction of sp³-hybridized carbons (Fsp3) is 0.259. The molecule has 0 bridgehead atoms. The van der Waals surface area contributed by atoms with Crippen LogP contribution < -0.4 is 15.5 Å². The summed E-state index contributed by atoms with van der Waals surface area (Å²) in [4.78, 5) is 29.2. The van der Waals surface area contributed by atoms with Gasteiger partial charge in [0.15, 0.2) is 0 Å². The molecule has 188 valence electrons. The number of nitrogens with one attached hydrogen (secondary N) is 2. The number of carbonyl (C=O) groups excluding carboxylic acids is 2. The Morgan fingerprint density at radius 1 is 0.889 bits per heavy atom. The Balaban J connectivity index is 1.49. The minimum absolute atomic E-state index is 0.190. The highest BCUT2D eigenvalue weighted by molar-refractivity contribution is 6.04. The summed E-state index contributed by atoms with van der Waals surface area (Å²) >= 11 is 0. The molecule has 1 heterocycles. The van der Waals surface area contributed by atoms with Crippen LogP contribution in [0.2, 0.25) is 0 Å². The quantitative estimate of drug-likeness (QED) is 0.408. The topological polar surface area (TPSA) is 64.7 Å². The Labute approximate surface area is 207 Å². The van der Waals surface area contributed by atoms with Crippen molar-refractivity contribution in [3.63, 3.8) is 0 Å². The van der Waals surface area contributed by atoms with Gasteiger partial charge in [0.05, 0.1) is 16.9 Å². The van der Waals surface area contributed by atoms with E-state index in [4.69, 9.17) is 0 Å². The maximum Gasteiger partial charge on any atom is 0.416 e. The number of anilines is 3. The van der Waals surface area contributed by atoms with Crippen molar-refractivity contribution in [2.45, 2.75) is 33.0 Å². The van der Waals surface area contributed by atoms with Gasteiger partial charge in [-0.25, -0.2) is 9.59 Å². The lowest BCUT2D eigenvalue weighted by Gasteiger charge is -2.36. The molecule has 0 aliphatic carbocycles. The molecule has 2 N–H and O–H groups in total. The molecule has 0 unspecified atom stereocenters. The van der Waals surface area contributed by atoms with Crippen LogP contribution in [0, 0.1) is 13.8 Å². The fourth-order valence-electron chi connectivity index (χ4n) is 4.08. The number of hydrogen-bond donors (Lipinski definition) is 2. The number of amides is 4. The van der Waals surface area contributed by atoms with Gasteiger partial charge in [-0.1, -0.05) is 35.9 Å². The highest BCUT2D eigenvalue weighted by Crippen LogP contribution is 2.32. The number of nitrogens with zero attached hydrogens (tertiary/aromatic N) is 2. The van der Waals surface area contributed by atoms with Crippen LogP contribution in [0.3, 0.4) is 0 Å². The predicted octanol–water partition coefficient (Wildman–Crippen LogP) is 6.80. The number of alkyl halides is 3. The highest BCUT2D eigenvalue weighted by Gasteiger charge is 2.31. The first-order chi connectivity index (χ1) is 17.1. The van der Waals surface area contributed by atoms with Gasteiger partial charge in [0.25, 0.3) is 0 Å². The first kappa shape index (κ1) is 25.1. The number of rotatable bonds is 5. The van der Waals surface area contributed by atoms with E-state index in [0.29, 0.717) is 42.1 Å². The van der Waals surface area contributed by atoms with E-state index in [1.54, 1.807) is 34.1 Å². The summed E-state index contributed by atoms with van der Waals surface area (Å²) < 4.78 is 38.6. The SMILES string of the molecule is Cc1ccc(NC(=O)Nc2cc(C)ccc2N2CCCN(Cc3ccc(C(F)(F)F)cc3)C2=O)cc1. The number of halogens is 3. The van der Waals surface area contributed by atoms with E-state index in [9.17, 15) is 22.8 Å². The minimum Gasteiger partial charge on any atom is -0.320 e. The third kappa shape index (κ3) is 5.97. The van der Waals surface area contributed by atoms with Gasteiger partial charge in [-0.2, -0.15) is 13.2 Å².